The van der Waals surface area contributed by atoms with Crippen LogP contribution in [0.1, 0.15) is 34.8 Å². The predicted molar refractivity (Wildman–Crippen MR) is 58.8 cm³/mol. The Morgan fingerprint density at radius 3 is 2.43 bits per heavy atom. The summed E-state index contributed by atoms with van der Waals surface area (Å²) in [5.74, 6) is -2.57. The summed E-state index contributed by atoms with van der Waals surface area (Å²) in [6.45, 7) is 1.22. The number of benzene rings is 1. The fourth-order valence-corrected chi connectivity index (χ4v) is 1.50. The highest BCUT2D eigenvalue weighted by Crippen LogP contribution is 2.36. The number of carbonyl (C=O) groups excluding carboxylic acids is 1. The van der Waals surface area contributed by atoms with Crippen molar-refractivity contribution in [2.24, 2.45) is 0 Å². The lowest BCUT2D eigenvalue weighted by atomic mass is 10.0. The molecule has 0 saturated heterocycles. The topological polar surface area (TPSA) is 59.3 Å². The monoisotopic (exact) mass is 309 g/mol. The molecule has 0 unspecified atom stereocenters. The van der Waals surface area contributed by atoms with Crippen LogP contribution in [0.25, 0.3) is 0 Å². The van der Waals surface area contributed by atoms with Crippen molar-refractivity contribution in [3.8, 4) is 11.8 Å². The van der Waals surface area contributed by atoms with E-state index in [0.717, 1.165) is 6.07 Å². The molecule has 1 rings (SSSR count). The summed E-state index contributed by atoms with van der Waals surface area (Å²) in [6, 6.07) is 2.67. The molecule has 0 fully saturated rings. The van der Waals surface area contributed by atoms with Crippen LogP contribution in [0.5, 0.6) is 5.75 Å². The minimum absolute atomic E-state index is 0.173. The minimum atomic E-state index is -5.25. The zero-order valence-corrected chi connectivity index (χ0v) is 10.5. The number of nitrogens with zero attached hydrogens (tertiary/aromatic N) is 1. The summed E-state index contributed by atoms with van der Waals surface area (Å²) in [5.41, 5.74) is -2.56. The Balaban J connectivity index is 3.51. The van der Waals surface area contributed by atoms with Crippen molar-refractivity contribution in [1.29, 1.82) is 5.26 Å². The Kier molecular flexibility index (Phi) is 5.07. The zero-order valence-electron chi connectivity index (χ0n) is 10.5. The van der Waals surface area contributed by atoms with Crippen LogP contribution in [0.4, 0.5) is 22.0 Å². The fourth-order valence-electron chi connectivity index (χ4n) is 1.50. The van der Waals surface area contributed by atoms with Gasteiger partial charge in [0.2, 0.25) is 0 Å². The standard InChI is InChI=1S/C12H8F5NO3/c1-2-20-11(19)7-3-6(5-18)4-8(9(7)10(13)14)21-12(15,16)17/h3-4,10H,2H2,1H3. The molecule has 0 amide bonds. The van der Waals surface area contributed by atoms with Crippen LogP contribution >= 0.6 is 0 Å². The molecule has 4 nitrogen and oxygen atoms in total. The maximum absolute atomic E-state index is 13.0. The largest absolute Gasteiger partial charge is 0.573 e. The highest BCUT2D eigenvalue weighted by molar-refractivity contribution is 5.92. The van der Waals surface area contributed by atoms with Gasteiger partial charge in [-0.25, -0.2) is 13.6 Å². The molecule has 114 valence electrons. The second-order valence-electron chi connectivity index (χ2n) is 3.62. The molecule has 1 aromatic rings. The molecule has 0 radical (unpaired) electrons. The Hall–Kier alpha value is -2.37. The van der Waals surface area contributed by atoms with Crippen LogP contribution in [-0.4, -0.2) is 18.9 Å². The number of carbonyl (C=O) groups is 1. The van der Waals surface area contributed by atoms with Crippen molar-refractivity contribution in [3.63, 3.8) is 0 Å². The van der Waals surface area contributed by atoms with Crippen LogP contribution in [0.15, 0.2) is 12.1 Å². The molecule has 0 bridgehead atoms. The molecule has 1 aromatic carbocycles. The number of hydrogen-bond donors (Lipinski definition) is 0. The second-order valence-corrected chi connectivity index (χ2v) is 3.62. The van der Waals surface area contributed by atoms with E-state index in [1.165, 1.54) is 13.0 Å². The van der Waals surface area contributed by atoms with Gasteiger partial charge in [0.15, 0.2) is 0 Å². The molecule has 0 heterocycles. The van der Waals surface area contributed by atoms with E-state index in [9.17, 15) is 26.7 Å². The first kappa shape index (κ1) is 16.7. The minimum Gasteiger partial charge on any atom is -0.462 e. The maximum Gasteiger partial charge on any atom is 0.573 e. The summed E-state index contributed by atoms with van der Waals surface area (Å²) in [4.78, 5) is 11.6. The van der Waals surface area contributed by atoms with Crippen LogP contribution in [0.3, 0.4) is 0 Å². The quantitative estimate of drug-likeness (QED) is 0.630. The van der Waals surface area contributed by atoms with Gasteiger partial charge in [-0.05, 0) is 19.1 Å². The van der Waals surface area contributed by atoms with Crippen molar-refractivity contribution in [2.45, 2.75) is 19.7 Å². The molecular weight excluding hydrogens is 301 g/mol. The molecule has 21 heavy (non-hydrogen) atoms. The predicted octanol–water partition coefficient (Wildman–Crippen LogP) is 3.57. The van der Waals surface area contributed by atoms with Crippen molar-refractivity contribution in [2.75, 3.05) is 6.61 Å². The van der Waals surface area contributed by atoms with Gasteiger partial charge in [0.1, 0.15) is 5.75 Å². The Labute approximate surface area is 115 Å². The van der Waals surface area contributed by atoms with E-state index in [4.69, 9.17) is 5.26 Å². The van der Waals surface area contributed by atoms with Gasteiger partial charge in [0.05, 0.1) is 29.4 Å². The number of nitriles is 1. The van der Waals surface area contributed by atoms with Crippen LogP contribution in [-0.2, 0) is 4.74 Å². The average molecular weight is 309 g/mol. The van der Waals surface area contributed by atoms with E-state index in [1.807, 2.05) is 0 Å². The summed E-state index contributed by atoms with van der Waals surface area (Å²) in [6.07, 6.45) is -8.67. The highest BCUT2D eigenvalue weighted by Gasteiger charge is 2.35. The van der Waals surface area contributed by atoms with Crippen LogP contribution in [0.2, 0.25) is 0 Å². The van der Waals surface area contributed by atoms with Gasteiger partial charge in [-0.2, -0.15) is 5.26 Å². The second kappa shape index (κ2) is 6.39. The van der Waals surface area contributed by atoms with E-state index < -0.39 is 41.2 Å². The molecule has 0 saturated carbocycles. The number of halogens is 5. The fraction of sp³-hybridized carbons (Fsp3) is 0.333. The Morgan fingerprint density at radius 2 is 2.00 bits per heavy atom. The van der Waals surface area contributed by atoms with E-state index >= 15 is 0 Å². The third-order valence-corrected chi connectivity index (χ3v) is 2.21. The van der Waals surface area contributed by atoms with E-state index in [-0.39, 0.29) is 6.61 Å². The van der Waals surface area contributed by atoms with Crippen LogP contribution < -0.4 is 4.74 Å². The molecule has 0 atom stereocenters. The summed E-state index contributed by atoms with van der Waals surface area (Å²) >= 11 is 0. The first-order valence-corrected chi connectivity index (χ1v) is 5.48. The third-order valence-electron chi connectivity index (χ3n) is 2.21. The molecule has 0 aliphatic carbocycles. The van der Waals surface area contributed by atoms with Gasteiger partial charge in [0.25, 0.3) is 6.43 Å². The summed E-state index contributed by atoms with van der Waals surface area (Å²) in [7, 11) is 0. The highest BCUT2D eigenvalue weighted by atomic mass is 19.4. The summed E-state index contributed by atoms with van der Waals surface area (Å²) in [5, 5.41) is 8.70. The lowest BCUT2D eigenvalue weighted by molar-refractivity contribution is -0.275. The molecular formula is C12H8F5NO3. The van der Waals surface area contributed by atoms with Crippen molar-refractivity contribution in [1.82, 2.24) is 0 Å². The van der Waals surface area contributed by atoms with Gasteiger partial charge >= 0.3 is 12.3 Å². The lowest BCUT2D eigenvalue weighted by Gasteiger charge is -2.16. The first-order valence-electron chi connectivity index (χ1n) is 5.48. The van der Waals surface area contributed by atoms with Crippen molar-refractivity contribution < 1.29 is 36.2 Å². The van der Waals surface area contributed by atoms with Gasteiger partial charge in [-0.15, -0.1) is 13.2 Å². The lowest BCUT2D eigenvalue weighted by Crippen LogP contribution is -2.20. The maximum atomic E-state index is 13.0. The smallest absolute Gasteiger partial charge is 0.462 e. The van der Waals surface area contributed by atoms with Gasteiger partial charge in [0, 0.05) is 0 Å². The third kappa shape index (κ3) is 4.30. The molecule has 0 aromatic heterocycles. The van der Waals surface area contributed by atoms with E-state index in [2.05, 4.69) is 9.47 Å². The van der Waals surface area contributed by atoms with Crippen LogP contribution in [0, 0.1) is 11.3 Å². The number of ether oxygens (including phenoxy) is 2. The number of rotatable bonds is 4. The Bertz CT molecular complexity index is 577. The molecule has 0 N–H and O–H groups in total. The van der Waals surface area contributed by atoms with Gasteiger partial charge in [-0.3, -0.25) is 0 Å². The number of esters is 1. The molecule has 0 aliphatic heterocycles. The van der Waals surface area contributed by atoms with Crippen molar-refractivity contribution in [3.05, 3.63) is 28.8 Å². The molecule has 0 spiro atoms. The first-order chi connectivity index (χ1) is 9.69. The SMILES string of the molecule is CCOC(=O)c1cc(C#N)cc(OC(F)(F)F)c1C(F)F. The zero-order chi connectivity index (χ0) is 16.2. The average Bonchev–Trinajstić information content (AvgIpc) is 2.35. The Morgan fingerprint density at radius 1 is 1.38 bits per heavy atom. The van der Waals surface area contributed by atoms with Gasteiger partial charge < -0.3 is 9.47 Å². The van der Waals surface area contributed by atoms with Crippen molar-refractivity contribution >= 4 is 5.97 Å². The normalized spacial score (nSPS) is 11.1. The van der Waals surface area contributed by atoms with E-state index in [0.29, 0.717) is 6.07 Å². The molecule has 0 aliphatic rings. The summed E-state index contributed by atoms with van der Waals surface area (Å²) < 4.78 is 70.6. The number of hydrogen-bond acceptors (Lipinski definition) is 4. The van der Waals surface area contributed by atoms with Gasteiger partial charge in [-0.1, -0.05) is 0 Å². The number of alkyl halides is 5. The molecule has 9 heteroatoms. The van der Waals surface area contributed by atoms with E-state index in [1.54, 1.807) is 0 Å².